The fourth-order valence-electron chi connectivity index (χ4n) is 2.73. The molecule has 0 fully saturated rings. The summed E-state index contributed by atoms with van der Waals surface area (Å²) in [6, 6.07) is 7.49. The molecule has 0 atom stereocenters. The number of amides is 1. The Morgan fingerprint density at radius 2 is 2.00 bits per heavy atom. The fraction of sp³-hybridized carbons (Fsp3) is 0.381. The van der Waals surface area contributed by atoms with Gasteiger partial charge in [-0.15, -0.1) is 0 Å². The van der Waals surface area contributed by atoms with Crippen LogP contribution in [-0.4, -0.2) is 47.0 Å². The van der Waals surface area contributed by atoms with Gasteiger partial charge in [0.25, 0.3) is 0 Å². The second-order valence-electron chi connectivity index (χ2n) is 8.07. The van der Waals surface area contributed by atoms with Crippen LogP contribution < -0.4 is 5.32 Å². The fourth-order valence-corrected chi connectivity index (χ4v) is 4.44. The van der Waals surface area contributed by atoms with E-state index in [0.29, 0.717) is 17.9 Å². The summed E-state index contributed by atoms with van der Waals surface area (Å²) in [4.78, 5) is 27.1. The predicted octanol–water partition coefficient (Wildman–Crippen LogP) is 5.34. The number of Topliss-reactive ketones (excluding diaryl/α,β-unsaturated/α-hetero) is 1. The van der Waals surface area contributed by atoms with Crippen LogP contribution in [0.2, 0.25) is 0 Å². The molecule has 30 heavy (non-hydrogen) atoms. The van der Waals surface area contributed by atoms with Crippen molar-refractivity contribution < 1.29 is 14.3 Å². The number of likely N-dealkylation sites (N-methyl/N-ethyl adjacent to an activating group) is 1. The molecular formula is C21H25IN4O3S. The van der Waals surface area contributed by atoms with Crippen LogP contribution in [0.15, 0.2) is 29.8 Å². The van der Waals surface area contributed by atoms with E-state index in [1.807, 2.05) is 44.1 Å². The number of fused-ring (bicyclic) bond motifs is 1. The summed E-state index contributed by atoms with van der Waals surface area (Å²) in [6.07, 6.45) is 1.09. The number of ether oxygens (including phenoxy) is 1. The number of allylic oxidation sites excluding steroid dienone is 1. The second-order valence-corrected chi connectivity index (χ2v) is 9.75. The van der Waals surface area contributed by atoms with Crippen LogP contribution >= 0.6 is 30.3 Å². The zero-order chi connectivity index (χ0) is 22.6. The lowest BCUT2D eigenvalue weighted by molar-refractivity contribution is 0.0635. The van der Waals surface area contributed by atoms with Gasteiger partial charge in [-0.05, 0) is 71.6 Å². The van der Waals surface area contributed by atoms with E-state index in [4.69, 9.17) is 4.74 Å². The van der Waals surface area contributed by atoms with E-state index < -0.39 is 11.7 Å². The zero-order valence-electron chi connectivity index (χ0n) is 17.9. The average molecular weight is 540 g/mol. The lowest BCUT2D eigenvalue weighted by atomic mass is 10.1. The number of ketones is 1. The van der Waals surface area contributed by atoms with Crippen molar-refractivity contribution in [1.82, 2.24) is 8.87 Å². The molecule has 0 bridgehead atoms. The van der Waals surface area contributed by atoms with Crippen molar-refractivity contribution in [2.24, 2.45) is 0 Å². The number of nitrogens with one attached hydrogen (secondary N) is 1. The van der Waals surface area contributed by atoms with Gasteiger partial charge < -0.3 is 9.64 Å². The molecule has 0 aliphatic carbocycles. The summed E-state index contributed by atoms with van der Waals surface area (Å²) in [5.74, 6) is -0.334. The van der Waals surface area contributed by atoms with E-state index in [9.17, 15) is 14.9 Å². The van der Waals surface area contributed by atoms with Crippen LogP contribution in [0.1, 0.15) is 36.8 Å². The number of nitriles is 1. The SMILES string of the molecule is Cc1cc2cc(C(=O)/C(C#N)=C/CN(C)C)n(SI)c2cc1NC(=O)OC(C)(C)C. The Balaban J connectivity index is 2.48. The summed E-state index contributed by atoms with van der Waals surface area (Å²) in [5.41, 5.74) is 2.11. The van der Waals surface area contributed by atoms with Gasteiger partial charge in [0.15, 0.2) is 0 Å². The van der Waals surface area contributed by atoms with Crippen molar-refractivity contribution >= 4 is 58.8 Å². The van der Waals surface area contributed by atoms with Gasteiger partial charge in [-0.2, -0.15) is 5.26 Å². The monoisotopic (exact) mass is 540 g/mol. The zero-order valence-corrected chi connectivity index (χ0v) is 20.8. The molecule has 9 heteroatoms. The number of anilines is 1. The normalized spacial score (nSPS) is 12.2. The molecule has 0 spiro atoms. The Hall–Kier alpha value is -2.03. The van der Waals surface area contributed by atoms with E-state index in [2.05, 4.69) is 26.5 Å². The number of benzene rings is 1. The lowest BCUT2D eigenvalue weighted by Gasteiger charge is -2.20. The van der Waals surface area contributed by atoms with Gasteiger partial charge in [0, 0.05) is 47.9 Å². The van der Waals surface area contributed by atoms with Crippen LogP contribution in [0.5, 0.6) is 0 Å². The number of carbonyl (C=O) groups is 2. The lowest BCUT2D eigenvalue weighted by Crippen LogP contribution is -2.27. The first-order chi connectivity index (χ1) is 14.0. The number of halogens is 1. The first-order valence-electron chi connectivity index (χ1n) is 9.21. The van der Waals surface area contributed by atoms with E-state index in [1.165, 1.54) is 9.12 Å². The maximum absolute atomic E-state index is 13.0. The summed E-state index contributed by atoms with van der Waals surface area (Å²) in [5, 5.41) is 13.1. The van der Waals surface area contributed by atoms with Crippen molar-refractivity contribution in [3.8, 4) is 6.07 Å². The Morgan fingerprint density at radius 3 is 2.53 bits per heavy atom. The molecule has 0 aliphatic rings. The molecule has 0 unspecified atom stereocenters. The molecule has 1 aromatic heterocycles. The van der Waals surface area contributed by atoms with E-state index in [1.54, 1.807) is 36.9 Å². The minimum absolute atomic E-state index is 0.0991. The number of hydrogen-bond acceptors (Lipinski definition) is 6. The van der Waals surface area contributed by atoms with Gasteiger partial charge >= 0.3 is 6.09 Å². The van der Waals surface area contributed by atoms with Gasteiger partial charge in [-0.3, -0.25) is 14.1 Å². The first kappa shape index (κ1) is 24.2. The molecular weight excluding hydrogens is 515 g/mol. The Bertz CT molecular complexity index is 1050. The first-order valence-corrected chi connectivity index (χ1v) is 12.5. The molecule has 1 N–H and O–H groups in total. The van der Waals surface area contributed by atoms with Crippen LogP contribution in [0, 0.1) is 18.3 Å². The van der Waals surface area contributed by atoms with Crippen LogP contribution in [-0.2, 0) is 4.74 Å². The smallest absolute Gasteiger partial charge is 0.412 e. The minimum Gasteiger partial charge on any atom is -0.444 e. The van der Waals surface area contributed by atoms with Crippen molar-refractivity contribution in [3.05, 3.63) is 41.1 Å². The second kappa shape index (κ2) is 9.85. The molecule has 7 nitrogen and oxygen atoms in total. The number of hydrogen-bond donors (Lipinski definition) is 1. The van der Waals surface area contributed by atoms with E-state index in [0.717, 1.165) is 16.5 Å². The number of aromatic nitrogens is 1. The third kappa shape index (κ3) is 6.00. The molecule has 2 rings (SSSR count). The Labute approximate surface area is 193 Å². The number of rotatable bonds is 6. The number of carbonyl (C=O) groups excluding carboxylic acids is 2. The molecule has 0 saturated heterocycles. The topological polar surface area (TPSA) is 87.4 Å². The van der Waals surface area contributed by atoms with E-state index >= 15 is 0 Å². The quantitative estimate of drug-likeness (QED) is 0.231. The highest BCUT2D eigenvalue weighted by Gasteiger charge is 2.22. The van der Waals surface area contributed by atoms with Crippen molar-refractivity contribution in [3.63, 3.8) is 0 Å². The third-order valence-electron chi connectivity index (χ3n) is 4.07. The molecule has 0 aliphatic heterocycles. The summed E-state index contributed by atoms with van der Waals surface area (Å²) in [6.45, 7) is 7.77. The van der Waals surface area contributed by atoms with Crippen molar-refractivity contribution in [2.75, 3.05) is 26.0 Å². The van der Waals surface area contributed by atoms with Crippen LogP contribution in [0.25, 0.3) is 10.9 Å². The Morgan fingerprint density at radius 1 is 1.33 bits per heavy atom. The third-order valence-corrected chi connectivity index (χ3v) is 5.78. The van der Waals surface area contributed by atoms with Crippen LogP contribution in [0.3, 0.4) is 0 Å². The maximum atomic E-state index is 13.0. The van der Waals surface area contributed by atoms with E-state index in [-0.39, 0.29) is 11.4 Å². The average Bonchev–Trinajstić information content (AvgIpc) is 2.97. The molecule has 0 saturated carbocycles. The highest BCUT2D eigenvalue weighted by atomic mass is 127. The summed E-state index contributed by atoms with van der Waals surface area (Å²) >= 11 is 2.09. The summed E-state index contributed by atoms with van der Waals surface area (Å²) in [7, 11) is 5.07. The van der Waals surface area contributed by atoms with Gasteiger partial charge in [-0.1, -0.05) is 0 Å². The van der Waals surface area contributed by atoms with Gasteiger partial charge in [0.2, 0.25) is 5.78 Å². The highest BCUT2D eigenvalue weighted by Crippen LogP contribution is 2.33. The minimum atomic E-state index is -0.605. The molecule has 2 aromatic rings. The standard InChI is InChI=1S/C21H25IN4O3S/c1-13-9-15-10-18(19(27)14(12-23)7-8-25(5)6)26(30-22)17(15)11-16(13)24-20(28)29-21(2,3)4/h7,9-11H,8H2,1-6H3,(H,24,28)/b14-7+. The van der Waals surface area contributed by atoms with Gasteiger partial charge in [0.1, 0.15) is 17.4 Å². The highest BCUT2D eigenvalue weighted by molar-refractivity contribution is 14.2. The van der Waals surface area contributed by atoms with Crippen molar-refractivity contribution in [1.29, 1.82) is 5.26 Å². The number of nitrogens with zero attached hydrogens (tertiary/aromatic N) is 3. The molecule has 1 aromatic carbocycles. The molecule has 0 radical (unpaired) electrons. The maximum Gasteiger partial charge on any atom is 0.412 e. The van der Waals surface area contributed by atoms with Crippen molar-refractivity contribution in [2.45, 2.75) is 33.3 Å². The predicted molar refractivity (Wildman–Crippen MR) is 130 cm³/mol. The molecule has 160 valence electrons. The molecule has 1 amide bonds. The number of aryl methyl sites for hydroxylation is 1. The summed E-state index contributed by atoms with van der Waals surface area (Å²) < 4.78 is 7.10. The van der Waals surface area contributed by atoms with Crippen LogP contribution in [0.4, 0.5) is 10.5 Å². The molecule has 1 heterocycles. The van der Waals surface area contributed by atoms with Gasteiger partial charge in [-0.25, -0.2) is 4.79 Å². The Kier molecular flexibility index (Phi) is 7.96. The largest absolute Gasteiger partial charge is 0.444 e. The van der Waals surface area contributed by atoms with Gasteiger partial charge in [0.05, 0.1) is 11.1 Å².